The number of methoxy groups -OCH3 is 2. The molecular weight excluding hydrogens is 392 g/mol. The van der Waals surface area contributed by atoms with Crippen LogP contribution in [0.2, 0.25) is 0 Å². The van der Waals surface area contributed by atoms with Crippen LogP contribution in [0.25, 0.3) is 0 Å². The molecular formula is C22H34O8. The highest BCUT2D eigenvalue weighted by atomic mass is 16.8. The molecule has 0 unspecified atom stereocenters. The monoisotopic (exact) mass is 426 g/mol. The lowest BCUT2D eigenvalue weighted by Gasteiger charge is -2.38. The van der Waals surface area contributed by atoms with Crippen molar-refractivity contribution in [1.82, 2.24) is 0 Å². The summed E-state index contributed by atoms with van der Waals surface area (Å²) >= 11 is 0. The van der Waals surface area contributed by atoms with Gasteiger partial charge in [0.2, 0.25) is 6.29 Å². The Morgan fingerprint density at radius 1 is 1.07 bits per heavy atom. The van der Waals surface area contributed by atoms with E-state index < -0.39 is 30.6 Å². The molecule has 1 aliphatic carbocycles. The molecule has 0 radical (unpaired) electrons. The van der Waals surface area contributed by atoms with Crippen molar-refractivity contribution in [2.24, 2.45) is 17.8 Å². The van der Waals surface area contributed by atoms with Crippen LogP contribution in [0.1, 0.15) is 40.5 Å². The number of hydrogen-bond donors (Lipinski definition) is 1. The number of aliphatic hydroxyl groups excluding tert-OH is 1. The van der Waals surface area contributed by atoms with Gasteiger partial charge in [-0.05, 0) is 29.1 Å². The van der Waals surface area contributed by atoms with Crippen LogP contribution >= 0.6 is 0 Å². The Morgan fingerprint density at radius 2 is 1.70 bits per heavy atom. The average molecular weight is 427 g/mol. The Balaban J connectivity index is 2.34. The fraction of sp³-hybridized carbons (Fsp3) is 0.727. The van der Waals surface area contributed by atoms with Gasteiger partial charge in [0.1, 0.15) is 6.61 Å². The molecule has 0 bridgehead atoms. The Kier molecular flexibility index (Phi) is 9.03. The van der Waals surface area contributed by atoms with Crippen LogP contribution < -0.4 is 0 Å². The molecule has 1 heterocycles. The molecule has 1 N–H and O–H groups in total. The molecule has 0 amide bonds. The Morgan fingerprint density at radius 3 is 2.23 bits per heavy atom. The van der Waals surface area contributed by atoms with Gasteiger partial charge in [-0.25, -0.2) is 0 Å². The number of aliphatic hydroxyl groups is 1. The Hall–Kier alpha value is -1.74. The van der Waals surface area contributed by atoms with E-state index in [9.17, 15) is 14.7 Å². The quantitative estimate of drug-likeness (QED) is 0.420. The maximum Gasteiger partial charge on any atom is 0.308 e. The van der Waals surface area contributed by atoms with Gasteiger partial charge in [0.05, 0.1) is 18.6 Å². The minimum atomic E-state index is -0.968. The van der Waals surface area contributed by atoms with E-state index in [-0.39, 0.29) is 37.4 Å². The van der Waals surface area contributed by atoms with E-state index >= 15 is 0 Å². The first kappa shape index (κ1) is 24.5. The van der Waals surface area contributed by atoms with Crippen LogP contribution in [0.15, 0.2) is 22.8 Å². The maximum absolute atomic E-state index is 12.3. The molecule has 1 aliphatic heterocycles. The normalized spacial score (nSPS) is 26.1. The zero-order valence-electron chi connectivity index (χ0n) is 18.7. The first-order valence-electron chi connectivity index (χ1n) is 10.3. The lowest BCUT2D eigenvalue weighted by atomic mass is 9.88. The summed E-state index contributed by atoms with van der Waals surface area (Å²) in [5, 5.41) is 9.88. The van der Waals surface area contributed by atoms with Crippen LogP contribution in [-0.2, 0) is 33.3 Å². The summed E-state index contributed by atoms with van der Waals surface area (Å²) in [5.41, 5.74) is 1.96. The standard InChI is InChI=1S/C22H34O8/c1-12(2)7-17(24)28-11-15-20-16(26-5)9-14(10-23)19(20)22(30-21(15)27-6)29-18(25)8-13(3)4/h9,12-13,16,19,21-23H,7-8,10-11H2,1-6H3/t16-,19-,21-,22-/m1/s1. The number of carbonyl (C=O) groups excluding carboxylic acids is 2. The number of ether oxygens (including phenoxy) is 5. The smallest absolute Gasteiger partial charge is 0.308 e. The third-order valence-electron chi connectivity index (χ3n) is 5.03. The summed E-state index contributed by atoms with van der Waals surface area (Å²) in [5.74, 6) is -0.935. The zero-order chi connectivity index (χ0) is 22.4. The second-order valence-electron chi connectivity index (χ2n) is 8.43. The first-order valence-corrected chi connectivity index (χ1v) is 10.3. The molecule has 30 heavy (non-hydrogen) atoms. The van der Waals surface area contributed by atoms with E-state index in [0.717, 1.165) is 5.57 Å². The van der Waals surface area contributed by atoms with Gasteiger partial charge in [0, 0.05) is 32.6 Å². The molecule has 2 rings (SSSR count). The van der Waals surface area contributed by atoms with Gasteiger partial charge in [-0.15, -0.1) is 0 Å². The molecule has 170 valence electrons. The zero-order valence-corrected chi connectivity index (χ0v) is 18.7. The molecule has 0 aromatic carbocycles. The summed E-state index contributed by atoms with van der Waals surface area (Å²) in [6.45, 7) is 7.44. The van der Waals surface area contributed by atoms with E-state index in [1.54, 1.807) is 13.2 Å². The topological polar surface area (TPSA) is 101 Å². The third-order valence-corrected chi connectivity index (χ3v) is 5.03. The third kappa shape index (κ3) is 5.91. The predicted molar refractivity (Wildman–Crippen MR) is 108 cm³/mol. The largest absolute Gasteiger partial charge is 0.461 e. The maximum atomic E-state index is 12.3. The number of hydrogen-bond acceptors (Lipinski definition) is 8. The molecule has 4 atom stereocenters. The van der Waals surface area contributed by atoms with Crippen LogP contribution in [0.4, 0.5) is 0 Å². The molecule has 0 fully saturated rings. The van der Waals surface area contributed by atoms with Crippen molar-refractivity contribution in [3.8, 4) is 0 Å². The fourth-order valence-corrected chi connectivity index (χ4v) is 3.74. The minimum absolute atomic E-state index is 0.0328. The molecule has 0 saturated heterocycles. The van der Waals surface area contributed by atoms with Crippen molar-refractivity contribution in [3.05, 3.63) is 22.8 Å². The lowest BCUT2D eigenvalue weighted by Crippen LogP contribution is -2.44. The van der Waals surface area contributed by atoms with Crippen LogP contribution in [0, 0.1) is 17.8 Å². The van der Waals surface area contributed by atoms with Crippen molar-refractivity contribution < 1.29 is 38.4 Å². The highest BCUT2D eigenvalue weighted by Crippen LogP contribution is 2.44. The summed E-state index contributed by atoms with van der Waals surface area (Å²) < 4.78 is 28.1. The minimum Gasteiger partial charge on any atom is -0.461 e. The highest BCUT2D eigenvalue weighted by molar-refractivity contribution is 5.70. The molecule has 8 nitrogen and oxygen atoms in total. The number of rotatable bonds is 10. The van der Waals surface area contributed by atoms with Crippen molar-refractivity contribution >= 4 is 11.9 Å². The second-order valence-corrected chi connectivity index (χ2v) is 8.43. The molecule has 0 aromatic rings. The molecule has 2 aliphatic rings. The van der Waals surface area contributed by atoms with Crippen molar-refractivity contribution in [1.29, 1.82) is 0 Å². The molecule has 0 saturated carbocycles. The van der Waals surface area contributed by atoms with Crippen LogP contribution in [-0.4, -0.2) is 63.2 Å². The van der Waals surface area contributed by atoms with E-state index in [2.05, 4.69) is 0 Å². The van der Waals surface area contributed by atoms with Gasteiger partial charge in [-0.2, -0.15) is 0 Å². The SMILES string of the molecule is CO[C@@H]1O[C@@H](OC(=O)CC(C)C)[C@@H]2C(CO)=C[C@@H](OC)C2=C1COC(=O)CC(C)C. The van der Waals surface area contributed by atoms with Crippen molar-refractivity contribution in [2.75, 3.05) is 27.4 Å². The van der Waals surface area contributed by atoms with Gasteiger partial charge < -0.3 is 28.8 Å². The predicted octanol–water partition coefficient (Wildman–Crippen LogP) is 2.35. The van der Waals surface area contributed by atoms with Gasteiger partial charge in [-0.3, -0.25) is 9.59 Å². The average Bonchev–Trinajstić information content (AvgIpc) is 3.04. The summed E-state index contributed by atoms with van der Waals surface area (Å²) in [7, 11) is 3.01. The van der Waals surface area contributed by atoms with Gasteiger partial charge in [-0.1, -0.05) is 27.7 Å². The van der Waals surface area contributed by atoms with Crippen molar-refractivity contribution in [2.45, 2.75) is 59.2 Å². The number of carbonyl (C=O) groups is 2. The first-order chi connectivity index (χ1) is 14.2. The summed E-state index contributed by atoms with van der Waals surface area (Å²) in [4.78, 5) is 24.4. The van der Waals surface area contributed by atoms with Gasteiger partial charge in [0.25, 0.3) is 0 Å². The number of fused-ring (bicyclic) bond motifs is 1. The van der Waals surface area contributed by atoms with Gasteiger partial charge in [0.15, 0.2) is 6.29 Å². The summed E-state index contributed by atoms with van der Waals surface area (Å²) in [6.07, 6.45) is 0.0150. The van der Waals surface area contributed by atoms with E-state index in [0.29, 0.717) is 17.6 Å². The highest BCUT2D eigenvalue weighted by Gasteiger charge is 2.47. The molecule has 0 aromatic heterocycles. The van der Waals surface area contributed by atoms with Gasteiger partial charge >= 0.3 is 11.9 Å². The van der Waals surface area contributed by atoms with E-state index in [4.69, 9.17) is 23.7 Å². The Labute approximate surface area is 178 Å². The lowest BCUT2D eigenvalue weighted by molar-refractivity contribution is -0.242. The molecule has 0 spiro atoms. The van der Waals surface area contributed by atoms with Crippen molar-refractivity contribution in [3.63, 3.8) is 0 Å². The second kappa shape index (κ2) is 11.0. The summed E-state index contributed by atoms with van der Waals surface area (Å²) in [6, 6.07) is 0. The number of esters is 2. The van der Waals surface area contributed by atoms with E-state index in [1.165, 1.54) is 7.11 Å². The Bertz CT molecular complexity index is 679. The van der Waals surface area contributed by atoms with Crippen LogP contribution in [0.3, 0.4) is 0 Å². The van der Waals surface area contributed by atoms with E-state index in [1.807, 2.05) is 27.7 Å². The fourth-order valence-electron chi connectivity index (χ4n) is 3.74. The van der Waals surface area contributed by atoms with Crippen LogP contribution in [0.5, 0.6) is 0 Å². The molecule has 8 heteroatoms.